The van der Waals surface area contributed by atoms with E-state index < -0.39 is 0 Å². The standard InChI is InChI=1S/C15H22N4O2/c1-3-6-16-14(20)12-5-4-7-19(10-12)15(21)13-9-17-11(2)8-18-13/h8-9,12H,3-7,10H2,1-2H3,(H,16,20). The van der Waals surface area contributed by atoms with Crippen LogP contribution >= 0.6 is 0 Å². The summed E-state index contributed by atoms with van der Waals surface area (Å²) in [7, 11) is 0. The van der Waals surface area contributed by atoms with Gasteiger partial charge in [-0.3, -0.25) is 14.6 Å². The maximum Gasteiger partial charge on any atom is 0.274 e. The first kappa shape index (κ1) is 15.4. The Bertz CT molecular complexity index is 501. The Labute approximate surface area is 125 Å². The van der Waals surface area contributed by atoms with Gasteiger partial charge in [-0.05, 0) is 26.2 Å². The van der Waals surface area contributed by atoms with Gasteiger partial charge < -0.3 is 10.2 Å². The normalized spacial score (nSPS) is 18.4. The van der Waals surface area contributed by atoms with Crippen molar-refractivity contribution in [1.82, 2.24) is 20.2 Å². The molecular weight excluding hydrogens is 268 g/mol. The molecule has 1 unspecified atom stereocenters. The van der Waals surface area contributed by atoms with E-state index in [0.717, 1.165) is 25.0 Å². The van der Waals surface area contributed by atoms with Gasteiger partial charge in [-0.2, -0.15) is 0 Å². The highest BCUT2D eigenvalue weighted by Gasteiger charge is 2.29. The summed E-state index contributed by atoms with van der Waals surface area (Å²) in [4.78, 5) is 34.3. The van der Waals surface area contributed by atoms with E-state index in [4.69, 9.17) is 0 Å². The maximum atomic E-state index is 12.4. The molecule has 0 radical (unpaired) electrons. The first-order valence-corrected chi connectivity index (χ1v) is 7.47. The molecule has 2 heterocycles. The van der Waals surface area contributed by atoms with Crippen LogP contribution in [0.3, 0.4) is 0 Å². The Kier molecular flexibility index (Phi) is 5.25. The van der Waals surface area contributed by atoms with Crippen LogP contribution in [0.25, 0.3) is 0 Å². The van der Waals surface area contributed by atoms with Crippen molar-refractivity contribution < 1.29 is 9.59 Å². The molecular formula is C15H22N4O2. The zero-order valence-corrected chi connectivity index (χ0v) is 12.6. The van der Waals surface area contributed by atoms with Gasteiger partial charge in [0.15, 0.2) is 0 Å². The zero-order chi connectivity index (χ0) is 15.2. The molecule has 0 saturated carbocycles. The molecule has 114 valence electrons. The predicted octanol–water partition coefficient (Wildman–Crippen LogP) is 1.16. The minimum absolute atomic E-state index is 0.0457. The number of hydrogen-bond acceptors (Lipinski definition) is 4. The van der Waals surface area contributed by atoms with E-state index in [2.05, 4.69) is 15.3 Å². The molecule has 0 aliphatic carbocycles. The summed E-state index contributed by atoms with van der Waals surface area (Å²) < 4.78 is 0. The van der Waals surface area contributed by atoms with Crippen LogP contribution in [-0.2, 0) is 4.79 Å². The molecule has 2 rings (SSSR count). The third-order valence-electron chi connectivity index (χ3n) is 3.63. The average Bonchev–Trinajstić information content (AvgIpc) is 2.52. The Morgan fingerprint density at radius 1 is 1.38 bits per heavy atom. The fourth-order valence-electron chi connectivity index (χ4n) is 2.43. The first-order chi connectivity index (χ1) is 10.1. The van der Waals surface area contributed by atoms with Crippen molar-refractivity contribution in [2.75, 3.05) is 19.6 Å². The molecule has 0 aromatic carbocycles. The molecule has 1 aliphatic heterocycles. The largest absolute Gasteiger partial charge is 0.356 e. The van der Waals surface area contributed by atoms with Crippen molar-refractivity contribution in [3.8, 4) is 0 Å². The molecule has 1 aromatic heterocycles. The summed E-state index contributed by atoms with van der Waals surface area (Å²) in [5.74, 6) is -0.215. The van der Waals surface area contributed by atoms with E-state index in [9.17, 15) is 9.59 Å². The van der Waals surface area contributed by atoms with E-state index in [0.29, 0.717) is 25.3 Å². The number of amides is 2. The van der Waals surface area contributed by atoms with Gasteiger partial charge in [0.2, 0.25) is 5.91 Å². The summed E-state index contributed by atoms with van der Waals surface area (Å²) >= 11 is 0. The van der Waals surface area contributed by atoms with Gasteiger partial charge in [-0.1, -0.05) is 6.92 Å². The van der Waals surface area contributed by atoms with Gasteiger partial charge in [0.1, 0.15) is 5.69 Å². The van der Waals surface area contributed by atoms with Crippen LogP contribution in [0.5, 0.6) is 0 Å². The van der Waals surface area contributed by atoms with Crippen LogP contribution in [0.4, 0.5) is 0 Å². The summed E-state index contributed by atoms with van der Waals surface area (Å²) in [5, 5.41) is 2.90. The van der Waals surface area contributed by atoms with Crippen LogP contribution in [0, 0.1) is 12.8 Å². The fraction of sp³-hybridized carbons (Fsp3) is 0.600. The summed E-state index contributed by atoms with van der Waals surface area (Å²) in [6.45, 7) is 5.67. The van der Waals surface area contributed by atoms with Crippen molar-refractivity contribution in [2.24, 2.45) is 5.92 Å². The van der Waals surface area contributed by atoms with Crippen molar-refractivity contribution in [3.63, 3.8) is 0 Å². The SMILES string of the molecule is CCCNC(=O)C1CCCN(C(=O)c2cnc(C)cn2)C1. The van der Waals surface area contributed by atoms with Crippen LogP contribution in [0.2, 0.25) is 0 Å². The van der Waals surface area contributed by atoms with Crippen LogP contribution < -0.4 is 5.32 Å². The summed E-state index contributed by atoms with van der Waals surface area (Å²) in [6, 6.07) is 0. The van der Waals surface area contributed by atoms with E-state index >= 15 is 0 Å². The Balaban J connectivity index is 1.98. The highest BCUT2D eigenvalue weighted by molar-refractivity contribution is 5.92. The molecule has 0 spiro atoms. The number of rotatable bonds is 4. The van der Waals surface area contributed by atoms with Gasteiger partial charge in [-0.25, -0.2) is 4.98 Å². The minimum atomic E-state index is -0.143. The fourth-order valence-corrected chi connectivity index (χ4v) is 2.43. The average molecular weight is 290 g/mol. The topological polar surface area (TPSA) is 75.2 Å². The Hall–Kier alpha value is -1.98. The van der Waals surface area contributed by atoms with Gasteiger partial charge in [-0.15, -0.1) is 0 Å². The Morgan fingerprint density at radius 3 is 2.86 bits per heavy atom. The number of aryl methyl sites for hydroxylation is 1. The zero-order valence-electron chi connectivity index (χ0n) is 12.6. The summed E-state index contributed by atoms with van der Waals surface area (Å²) in [5.41, 5.74) is 1.12. The van der Waals surface area contributed by atoms with E-state index in [-0.39, 0.29) is 17.7 Å². The van der Waals surface area contributed by atoms with E-state index in [1.165, 1.54) is 6.20 Å². The number of aromatic nitrogens is 2. The van der Waals surface area contributed by atoms with Gasteiger partial charge in [0.05, 0.1) is 17.8 Å². The number of carbonyl (C=O) groups is 2. The monoisotopic (exact) mass is 290 g/mol. The van der Waals surface area contributed by atoms with E-state index in [1.807, 2.05) is 13.8 Å². The first-order valence-electron chi connectivity index (χ1n) is 7.47. The molecule has 1 aliphatic rings. The molecule has 2 amide bonds. The van der Waals surface area contributed by atoms with Gasteiger partial charge in [0.25, 0.3) is 5.91 Å². The van der Waals surface area contributed by atoms with Crippen molar-refractivity contribution in [2.45, 2.75) is 33.1 Å². The third kappa shape index (κ3) is 4.00. The second-order valence-electron chi connectivity index (χ2n) is 5.42. The highest BCUT2D eigenvalue weighted by Crippen LogP contribution is 2.18. The van der Waals surface area contributed by atoms with Crippen molar-refractivity contribution in [1.29, 1.82) is 0 Å². The lowest BCUT2D eigenvalue weighted by atomic mass is 9.97. The van der Waals surface area contributed by atoms with Crippen LogP contribution in [0.15, 0.2) is 12.4 Å². The smallest absolute Gasteiger partial charge is 0.274 e. The molecule has 6 nitrogen and oxygen atoms in total. The van der Waals surface area contributed by atoms with Crippen molar-refractivity contribution >= 4 is 11.8 Å². The highest BCUT2D eigenvalue weighted by atomic mass is 16.2. The maximum absolute atomic E-state index is 12.4. The lowest BCUT2D eigenvalue weighted by Crippen LogP contribution is -2.45. The second kappa shape index (κ2) is 7.15. The van der Waals surface area contributed by atoms with Crippen molar-refractivity contribution in [3.05, 3.63) is 23.8 Å². The number of piperidine rings is 1. The minimum Gasteiger partial charge on any atom is -0.356 e. The number of nitrogens with one attached hydrogen (secondary N) is 1. The van der Waals surface area contributed by atoms with Gasteiger partial charge in [0, 0.05) is 25.8 Å². The lowest BCUT2D eigenvalue weighted by Gasteiger charge is -2.31. The summed E-state index contributed by atoms with van der Waals surface area (Å²) in [6.07, 6.45) is 5.68. The molecule has 1 saturated heterocycles. The van der Waals surface area contributed by atoms with Crippen LogP contribution in [-0.4, -0.2) is 46.3 Å². The number of hydrogen-bond donors (Lipinski definition) is 1. The second-order valence-corrected chi connectivity index (χ2v) is 5.42. The number of carbonyl (C=O) groups excluding carboxylic acids is 2. The quantitative estimate of drug-likeness (QED) is 0.903. The van der Waals surface area contributed by atoms with Gasteiger partial charge >= 0.3 is 0 Å². The molecule has 0 bridgehead atoms. The molecule has 21 heavy (non-hydrogen) atoms. The molecule has 1 fully saturated rings. The number of likely N-dealkylation sites (tertiary alicyclic amines) is 1. The third-order valence-corrected chi connectivity index (χ3v) is 3.63. The molecule has 1 aromatic rings. The molecule has 1 N–H and O–H groups in total. The number of nitrogens with zero attached hydrogens (tertiary/aromatic N) is 3. The lowest BCUT2D eigenvalue weighted by molar-refractivity contribution is -0.126. The molecule has 1 atom stereocenters. The predicted molar refractivity (Wildman–Crippen MR) is 78.7 cm³/mol. The van der Waals surface area contributed by atoms with E-state index in [1.54, 1.807) is 11.1 Å². The Morgan fingerprint density at radius 2 is 2.19 bits per heavy atom. The molecule has 6 heteroatoms. The van der Waals surface area contributed by atoms with Crippen LogP contribution in [0.1, 0.15) is 42.4 Å².